The van der Waals surface area contributed by atoms with Gasteiger partial charge >= 0.3 is 0 Å². The Bertz CT molecular complexity index is 270. The Morgan fingerprint density at radius 3 is 2.50 bits per heavy atom. The predicted molar refractivity (Wildman–Crippen MR) is 54.4 cm³/mol. The first-order valence-corrected chi connectivity index (χ1v) is 6.42. The van der Waals surface area contributed by atoms with Gasteiger partial charge in [0.1, 0.15) is 0 Å². The lowest BCUT2D eigenvalue weighted by molar-refractivity contribution is 0.0538. The van der Waals surface area contributed by atoms with Crippen LogP contribution < -0.4 is 10.5 Å². The number of nitrogens with one attached hydrogen (secondary N) is 1. The van der Waals surface area contributed by atoms with Crippen molar-refractivity contribution in [2.45, 2.75) is 25.3 Å². The van der Waals surface area contributed by atoms with E-state index in [0.717, 1.165) is 12.8 Å². The van der Waals surface area contributed by atoms with Gasteiger partial charge in [0.15, 0.2) is 0 Å². The molecule has 1 heterocycles. The van der Waals surface area contributed by atoms with E-state index in [2.05, 4.69) is 4.72 Å². The van der Waals surface area contributed by atoms with E-state index >= 15 is 0 Å². The molecule has 6 heteroatoms. The maximum atomic E-state index is 11.5. The Balaban J connectivity index is 2.57. The summed E-state index contributed by atoms with van der Waals surface area (Å²) in [6.07, 6.45) is 1.44. The fraction of sp³-hybridized carbons (Fsp3) is 1.00. The van der Waals surface area contributed by atoms with E-state index in [4.69, 9.17) is 10.5 Å². The van der Waals surface area contributed by atoms with Gasteiger partial charge in [-0.3, -0.25) is 0 Å². The maximum absolute atomic E-state index is 11.5. The van der Waals surface area contributed by atoms with Crippen LogP contribution in [0.4, 0.5) is 0 Å². The molecule has 1 saturated heterocycles. The summed E-state index contributed by atoms with van der Waals surface area (Å²) in [5.41, 5.74) is 4.86. The van der Waals surface area contributed by atoms with Crippen LogP contribution in [0.15, 0.2) is 0 Å². The normalized spacial score (nSPS) is 22.1. The topological polar surface area (TPSA) is 81.4 Å². The van der Waals surface area contributed by atoms with Crippen molar-refractivity contribution in [3.05, 3.63) is 0 Å². The van der Waals surface area contributed by atoms with E-state index in [1.54, 1.807) is 0 Å². The van der Waals surface area contributed by atoms with Crippen molar-refractivity contribution in [1.29, 1.82) is 0 Å². The molecule has 0 aromatic rings. The van der Waals surface area contributed by atoms with E-state index in [0.29, 0.717) is 13.2 Å². The lowest BCUT2D eigenvalue weighted by Gasteiger charge is -2.33. The molecular weight excluding hydrogens is 204 g/mol. The van der Waals surface area contributed by atoms with Gasteiger partial charge < -0.3 is 10.5 Å². The van der Waals surface area contributed by atoms with Crippen LogP contribution in [-0.2, 0) is 14.8 Å². The third-order valence-corrected chi connectivity index (χ3v) is 3.96. The first kappa shape index (κ1) is 11.9. The molecule has 0 bridgehead atoms. The van der Waals surface area contributed by atoms with Gasteiger partial charge in [-0.25, -0.2) is 13.1 Å². The number of hydrogen-bond acceptors (Lipinski definition) is 4. The van der Waals surface area contributed by atoms with Crippen LogP contribution in [0.5, 0.6) is 0 Å². The summed E-state index contributed by atoms with van der Waals surface area (Å²) in [6, 6.07) is 0. The summed E-state index contributed by atoms with van der Waals surface area (Å²) in [5, 5.41) is 0. The number of sulfonamides is 1. The molecule has 3 N–H and O–H groups in total. The molecule has 0 saturated carbocycles. The lowest BCUT2D eigenvalue weighted by Crippen LogP contribution is -2.50. The minimum absolute atomic E-state index is 0.0105. The molecular formula is C8H18N2O3S. The van der Waals surface area contributed by atoms with Gasteiger partial charge in [0.25, 0.3) is 0 Å². The molecule has 1 rings (SSSR count). The minimum Gasteiger partial charge on any atom is -0.381 e. The van der Waals surface area contributed by atoms with Crippen LogP contribution in [0.1, 0.15) is 19.8 Å². The number of ether oxygens (including phenoxy) is 1. The van der Waals surface area contributed by atoms with Crippen molar-refractivity contribution in [1.82, 2.24) is 4.72 Å². The molecule has 0 aromatic heterocycles. The van der Waals surface area contributed by atoms with Gasteiger partial charge in [0, 0.05) is 25.3 Å². The van der Waals surface area contributed by atoms with E-state index < -0.39 is 10.0 Å². The summed E-state index contributed by atoms with van der Waals surface area (Å²) in [6.45, 7) is 3.29. The molecule has 0 aliphatic carbocycles. The van der Waals surface area contributed by atoms with Crippen molar-refractivity contribution in [2.75, 3.05) is 25.5 Å². The first-order valence-electron chi connectivity index (χ1n) is 4.77. The zero-order chi connectivity index (χ0) is 10.7. The van der Waals surface area contributed by atoms with E-state index in [1.165, 1.54) is 0 Å². The van der Waals surface area contributed by atoms with Gasteiger partial charge in [-0.05, 0) is 19.8 Å². The average Bonchev–Trinajstić information content (AvgIpc) is 2.02. The minimum atomic E-state index is -3.22. The second kappa shape index (κ2) is 4.57. The second-order valence-electron chi connectivity index (χ2n) is 3.88. The fourth-order valence-electron chi connectivity index (χ4n) is 1.51. The molecule has 84 valence electrons. The Kier molecular flexibility index (Phi) is 3.88. The maximum Gasteiger partial charge on any atom is 0.213 e. The van der Waals surface area contributed by atoms with Crippen LogP contribution in [0.2, 0.25) is 0 Å². The monoisotopic (exact) mass is 222 g/mol. The summed E-state index contributed by atoms with van der Waals surface area (Å²) >= 11 is 0. The van der Waals surface area contributed by atoms with Gasteiger partial charge in [-0.1, -0.05) is 0 Å². The van der Waals surface area contributed by atoms with Crippen LogP contribution in [0, 0.1) is 0 Å². The molecule has 0 amide bonds. The number of hydrogen-bond donors (Lipinski definition) is 2. The predicted octanol–water partition coefficient (Wildman–Crippen LogP) is -0.566. The quantitative estimate of drug-likeness (QED) is 0.667. The average molecular weight is 222 g/mol. The van der Waals surface area contributed by atoms with Crippen molar-refractivity contribution < 1.29 is 13.2 Å². The molecule has 0 radical (unpaired) electrons. The Hall–Kier alpha value is -0.170. The van der Waals surface area contributed by atoms with Crippen molar-refractivity contribution in [3.8, 4) is 0 Å². The summed E-state index contributed by atoms with van der Waals surface area (Å²) < 4.78 is 30.8. The molecule has 5 nitrogen and oxygen atoms in total. The van der Waals surface area contributed by atoms with Gasteiger partial charge in [-0.15, -0.1) is 0 Å². The lowest BCUT2D eigenvalue weighted by atomic mass is 9.94. The highest BCUT2D eigenvalue weighted by molar-refractivity contribution is 7.89. The van der Waals surface area contributed by atoms with E-state index in [-0.39, 0.29) is 17.8 Å². The molecule has 0 unspecified atom stereocenters. The van der Waals surface area contributed by atoms with Crippen LogP contribution in [0.3, 0.4) is 0 Å². The fourth-order valence-corrected chi connectivity index (χ4v) is 2.87. The molecule has 0 atom stereocenters. The highest BCUT2D eigenvalue weighted by Crippen LogP contribution is 2.20. The molecule has 1 fully saturated rings. The highest BCUT2D eigenvalue weighted by Gasteiger charge is 2.31. The molecule has 14 heavy (non-hydrogen) atoms. The van der Waals surface area contributed by atoms with Gasteiger partial charge in [-0.2, -0.15) is 0 Å². The SMILES string of the molecule is CC1(NS(=O)(=O)CCN)CCOCC1. The van der Waals surface area contributed by atoms with Crippen molar-refractivity contribution >= 4 is 10.0 Å². The number of rotatable bonds is 4. The van der Waals surface area contributed by atoms with E-state index in [1.807, 2.05) is 6.92 Å². The standard InChI is InChI=1S/C8H18N2O3S/c1-8(2-5-13-6-3-8)10-14(11,12)7-4-9/h10H,2-7,9H2,1H3. The second-order valence-corrected chi connectivity index (χ2v) is 5.72. The van der Waals surface area contributed by atoms with Crippen LogP contribution >= 0.6 is 0 Å². The third kappa shape index (κ3) is 3.53. The van der Waals surface area contributed by atoms with Gasteiger partial charge in [0.05, 0.1) is 5.75 Å². The zero-order valence-corrected chi connectivity index (χ0v) is 9.27. The van der Waals surface area contributed by atoms with Crippen molar-refractivity contribution in [3.63, 3.8) is 0 Å². The van der Waals surface area contributed by atoms with Crippen LogP contribution in [0.25, 0.3) is 0 Å². The third-order valence-electron chi connectivity index (χ3n) is 2.38. The zero-order valence-electron chi connectivity index (χ0n) is 8.45. The highest BCUT2D eigenvalue weighted by atomic mass is 32.2. The Morgan fingerprint density at radius 2 is 2.00 bits per heavy atom. The Labute approximate surface area is 85.1 Å². The molecule has 1 aliphatic rings. The largest absolute Gasteiger partial charge is 0.381 e. The van der Waals surface area contributed by atoms with Gasteiger partial charge in [0.2, 0.25) is 10.0 Å². The molecule has 0 spiro atoms. The molecule has 0 aromatic carbocycles. The Morgan fingerprint density at radius 1 is 1.43 bits per heavy atom. The van der Waals surface area contributed by atoms with Crippen molar-refractivity contribution in [2.24, 2.45) is 5.73 Å². The summed E-state index contributed by atoms with van der Waals surface area (Å²) in [7, 11) is -3.22. The summed E-state index contributed by atoms with van der Waals surface area (Å²) in [5.74, 6) is -0.0105. The van der Waals surface area contributed by atoms with Crippen LogP contribution in [-0.4, -0.2) is 39.5 Å². The van der Waals surface area contributed by atoms with E-state index in [9.17, 15) is 8.42 Å². The first-order chi connectivity index (χ1) is 6.47. The smallest absolute Gasteiger partial charge is 0.213 e. The molecule has 1 aliphatic heterocycles. The summed E-state index contributed by atoms with van der Waals surface area (Å²) in [4.78, 5) is 0. The number of nitrogens with two attached hydrogens (primary N) is 1.